The van der Waals surface area contributed by atoms with Crippen LogP contribution in [0.3, 0.4) is 0 Å². The van der Waals surface area contributed by atoms with Crippen molar-refractivity contribution in [3.63, 3.8) is 0 Å². The van der Waals surface area contributed by atoms with Crippen molar-refractivity contribution in [2.24, 2.45) is 0 Å². The fourth-order valence-electron chi connectivity index (χ4n) is 11.2. The van der Waals surface area contributed by atoms with E-state index < -0.39 is 5.41 Å². The molecule has 288 valence electrons. The van der Waals surface area contributed by atoms with Gasteiger partial charge in [0.15, 0.2) is 5.58 Å². The molecule has 14 rings (SSSR count). The first-order valence-corrected chi connectivity index (χ1v) is 21.3. The summed E-state index contributed by atoms with van der Waals surface area (Å²) < 4.78 is 13.6. The molecule has 3 nitrogen and oxygen atoms in total. The fraction of sp³-hybridized carbons (Fsp3) is 0.0169. The van der Waals surface area contributed by atoms with Crippen molar-refractivity contribution >= 4 is 71.7 Å². The van der Waals surface area contributed by atoms with Crippen LogP contribution in [0, 0.1) is 0 Å². The second-order valence-corrected chi connectivity index (χ2v) is 16.7. The molecule has 0 N–H and O–H groups in total. The van der Waals surface area contributed by atoms with Crippen LogP contribution in [0.5, 0.6) is 0 Å². The number of hydrogen-bond acceptors (Lipinski definition) is 3. The summed E-state index contributed by atoms with van der Waals surface area (Å²) in [6, 6.07) is 77.3. The van der Waals surface area contributed by atoms with Crippen molar-refractivity contribution in [2.75, 3.05) is 4.90 Å². The predicted octanol–water partition coefficient (Wildman–Crippen LogP) is 16.1. The normalized spacial score (nSPS) is 13.3. The van der Waals surface area contributed by atoms with Crippen LogP contribution in [0.4, 0.5) is 17.1 Å². The van der Waals surface area contributed by atoms with E-state index in [1.807, 2.05) is 12.1 Å². The highest BCUT2D eigenvalue weighted by molar-refractivity contribution is 6.27. The van der Waals surface area contributed by atoms with Crippen LogP contribution < -0.4 is 4.90 Å². The SMILES string of the molecule is c1ccc(N(c2ccc3c(c2)C2(c4ccccc4-c4ccccc42)c2ccccc2-3)c2cc(-c3cccc4ccccc34)cc3c2oc2ccc4oc5ccccc5c4c23)cc1. The number of furan rings is 2. The van der Waals surface area contributed by atoms with Gasteiger partial charge in [-0.1, -0.05) is 158 Å². The summed E-state index contributed by atoms with van der Waals surface area (Å²) in [6.07, 6.45) is 0. The molecule has 3 heteroatoms. The van der Waals surface area contributed by atoms with Gasteiger partial charge in [-0.15, -0.1) is 0 Å². The Morgan fingerprint density at radius 1 is 0.339 bits per heavy atom. The Morgan fingerprint density at radius 2 is 0.903 bits per heavy atom. The van der Waals surface area contributed by atoms with Gasteiger partial charge in [0, 0.05) is 32.9 Å². The van der Waals surface area contributed by atoms with Crippen molar-refractivity contribution in [1.82, 2.24) is 0 Å². The molecule has 0 aliphatic heterocycles. The molecule has 62 heavy (non-hydrogen) atoms. The van der Waals surface area contributed by atoms with Crippen LogP contribution >= 0.6 is 0 Å². The topological polar surface area (TPSA) is 29.5 Å². The van der Waals surface area contributed by atoms with Crippen LogP contribution in [-0.4, -0.2) is 0 Å². The van der Waals surface area contributed by atoms with Crippen molar-refractivity contribution < 1.29 is 8.83 Å². The molecule has 1 spiro atoms. The van der Waals surface area contributed by atoms with E-state index in [2.05, 4.69) is 205 Å². The summed E-state index contributed by atoms with van der Waals surface area (Å²) >= 11 is 0. The summed E-state index contributed by atoms with van der Waals surface area (Å²) in [7, 11) is 0. The van der Waals surface area contributed by atoms with Gasteiger partial charge < -0.3 is 13.7 Å². The van der Waals surface area contributed by atoms with Crippen molar-refractivity contribution in [3.05, 3.63) is 235 Å². The third-order valence-electron chi connectivity index (χ3n) is 13.7. The van der Waals surface area contributed by atoms with Crippen molar-refractivity contribution in [2.45, 2.75) is 5.41 Å². The quantitative estimate of drug-likeness (QED) is 0.178. The van der Waals surface area contributed by atoms with Crippen LogP contribution in [-0.2, 0) is 5.41 Å². The summed E-state index contributed by atoms with van der Waals surface area (Å²) in [5, 5.41) is 6.65. The van der Waals surface area contributed by atoms with Gasteiger partial charge in [-0.25, -0.2) is 0 Å². The monoisotopic (exact) mass is 789 g/mol. The van der Waals surface area contributed by atoms with Gasteiger partial charge in [0.05, 0.1) is 11.1 Å². The predicted molar refractivity (Wildman–Crippen MR) is 255 cm³/mol. The molecular formula is C59H35NO2. The molecule has 0 atom stereocenters. The lowest BCUT2D eigenvalue weighted by atomic mass is 9.70. The highest BCUT2D eigenvalue weighted by Crippen LogP contribution is 2.63. The summed E-state index contributed by atoms with van der Waals surface area (Å²) in [6.45, 7) is 0. The minimum Gasteiger partial charge on any atom is -0.456 e. The minimum atomic E-state index is -0.481. The molecule has 2 aromatic heterocycles. The van der Waals surface area contributed by atoms with Crippen LogP contribution in [0.25, 0.3) is 88.0 Å². The number of benzene rings is 10. The van der Waals surface area contributed by atoms with Gasteiger partial charge in [0.1, 0.15) is 16.7 Å². The Bertz CT molecular complexity index is 3760. The number of anilines is 3. The lowest BCUT2D eigenvalue weighted by Crippen LogP contribution is -2.26. The third kappa shape index (κ3) is 4.39. The van der Waals surface area contributed by atoms with Crippen molar-refractivity contribution in [1.29, 1.82) is 0 Å². The lowest BCUT2D eigenvalue weighted by Gasteiger charge is -2.32. The van der Waals surface area contributed by atoms with Crippen LogP contribution in [0.2, 0.25) is 0 Å². The largest absolute Gasteiger partial charge is 0.456 e. The van der Waals surface area contributed by atoms with Gasteiger partial charge in [-0.05, 0) is 121 Å². The lowest BCUT2D eigenvalue weighted by molar-refractivity contribution is 0.663. The third-order valence-corrected chi connectivity index (χ3v) is 13.7. The molecule has 0 radical (unpaired) electrons. The van der Waals surface area contributed by atoms with Gasteiger partial charge in [-0.2, -0.15) is 0 Å². The van der Waals surface area contributed by atoms with Crippen LogP contribution in [0.1, 0.15) is 22.3 Å². The second kappa shape index (κ2) is 12.4. The van der Waals surface area contributed by atoms with Crippen LogP contribution in [0.15, 0.2) is 221 Å². The van der Waals surface area contributed by atoms with E-state index in [1.165, 1.54) is 60.8 Å². The van der Waals surface area contributed by atoms with Gasteiger partial charge >= 0.3 is 0 Å². The number of nitrogens with zero attached hydrogens (tertiary/aromatic N) is 1. The van der Waals surface area contributed by atoms with Crippen molar-refractivity contribution in [3.8, 4) is 33.4 Å². The Morgan fingerprint density at radius 3 is 1.65 bits per heavy atom. The minimum absolute atomic E-state index is 0.481. The standard InChI is InChI=1S/C59H35NO2/c1-2-17-38(18-3-1)60(39-29-30-45-44-22-8-12-27-50(44)59(51(45)35-39)48-25-10-6-20-42(48)43-21-7-11-26-49(43)59)52-34-37(41-24-14-16-36-15-4-5-19-40(36)41)33-47-57-55(62-58(47)52)32-31-54-56(57)46-23-9-13-28-53(46)61-54/h1-35H. The number of para-hydroxylation sites is 2. The Hall–Kier alpha value is -8.14. The number of fused-ring (bicyclic) bond motifs is 18. The maximum absolute atomic E-state index is 7.16. The fourth-order valence-corrected chi connectivity index (χ4v) is 11.2. The summed E-state index contributed by atoms with van der Waals surface area (Å²) in [4.78, 5) is 2.41. The van der Waals surface area contributed by atoms with E-state index in [0.29, 0.717) is 0 Å². The molecule has 2 aliphatic rings. The highest BCUT2D eigenvalue weighted by Gasteiger charge is 2.51. The molecule has 2 aliphatic carbocycles. The molecule has 0 unspecified atom stereocenters. The molecule has 0 fully saturated rings. The van der Waals surface area contributed by atoms with Gasteiger partial charge in [0.2, 0.25) is 0 Å². The van der Waals surface area contributed by atoms with E-state index >= 15 is 0 Å². The molecule has 12 aromatic rings. The average Bonchev–Trinajstić information content (AvgIpc) is 4.07. The molecule has 2 heterocycles. The van der Waals surface area contributed by atoms with Gasteiger partial charge in [-0.3, -0.25) is 0 Å². The Kier molecular flexibility index (Phi) is 6.76. The molecular weight excluding hydrogens is 755 g/mol. The first-order chi connectivity index (χ1) is 30.8. The zero-order valence-electron chi connectivity index (χ0n) is 33.5. The van der Waals surface area contributed by atoms with E-state index in [0.717, 1.165) is 66.5 Å². The molecule has 10 aromatic carbocycles. The molecule has 0 bridgehead atoms. The first-order valence-electron chi connectivity index (χ1n) is 21.3. The first kappa shape index (κ1) is 33.7. The Labute approximate surface area is 357 Å². The smallest absolute Gasteiger partial charge is 0.159 e. The highest BCUT2D eigenvalue weighted by atomic mass is 16.3. The number of hydrogen-bond donors (Lipinski definition) is 0. The van der Waals surface area contributed by atoms with Gasteiger partial charge in [0.25, 0.3) is 0 Å². The van der Waals surface area contributed by atoms with E-state index in [-0.39, 0.29) is 0 Å². The number of rotatable bonds is 4. The summed E-state index contributed by atoms with van der Waals surface area (Å²) in [5.41, 5.74) is 18.6. The summed E-state index contributed by atoms with van der Waals surface area (Å²) in [5.74, 6) is 0. The van der Waals surface area contributed by atoms with E-state index in [9.17, 15) is 0 Å². The average molecular weight is 790 g/mol. The van der Waals surface area contributed by atoms with E-state index in [1.54, 1.807) is 0 Å². The zero-order chi connectivity index (χ0) is 40.5. The Balaban J connectivity index is 1.10. The molecule has 0 saturated carbocycles. The second-order valence-electron chi connectivity index (χ2n) is 16.7. The molecule has 0 saturated heterocycles. The maximum atomic E-state index is 7.16. The van der Waals surface area contributed by atoms with E-state index in [4.69, 9.17) is 8.83 Å². The molecule has 0 amide bonds. The maximum Gasteiger partial charge on any atom is 0.159 e. The zero-order valence-corrected chi connectivity index (χ0v) is 33.5.